The molecular formula is C13H21N3O. The van der Waals surface area contributed by atoms with Crippen LogP contribution in [0.5, 0.6) is 0 Å². The molecule has 0 fully saturated rings. The van der Waals surface area contributed by atoms with Crippen molar-refractivity contribution >= 4 is 11.7 Å². The predicted molar refractivity (Wildman–Crippen MR) is 70.2 cm³/mol. The minimum atomic E-state index is -0.0638. The van der Waals surface area contributed by atoms with E-state index in [4.69, 9.17) is 0 Å². The second-order valence-electron chi connectivity index (χ2n) is 4.17. The fraction of sp³-hybridized carbons (Fsp3) is 0.538. The Morgan fingerprint density at radius 1 is 1.53 bits per heavy atom. The van der Waals surface area contributed by atoms with Gasteiger partial charge in [-0.05, 0) is 25.5 Å². The molecule has 1 unspecified atom stereocenters. The van der Waals surface area contributed by atoms with Gasteiger partial charge in [0.05, 0.1) is 5.56 Å². The summed E-state index contributed by atoms with van der Waals surface area (Å²) in [6, 6.07) is 3.75. The SMILES string of the molecule is CCCCC(C)NC(=O)c1cccnc1NC. The van der Waals surface area contributed by atoms with Crippen LogP contribution in [-0.4, -0.2) is 24.0 Å². The van der Waals surface area contributed by atoms with E-state index in [1.807, 2.05) is 6.92 Å². The maximum absolute atomic E-state index is 12.0. The zero-order valence-corrected chi connectivity index (χ0v) is 10.8. The molecule has 94 valence electrons. The Bertz CT molecular complexity index is 365. The van der Waals surface area contributed by atoms with E-state index in [1.165, 1.54) is 0 Å². The number of rotatable bonds is 6. The summed E-state index contributed by atoms with van der Waals surface area (Å²) in [5, 5.41) is 5.91. The summed E-state index contributed by atoms with van der Waals surface area (Å²) >= 11 is 0. The highest BCUT2D eigenvalue weighted by atomic mass is 16.1. The summed E-state index contributed by atoms with van der Waals surface area (Å²) in [6.07, 6.45) is 4.96. The fourth-order valence-corrected chi connectivity index (χ4v) is 1.67. The highest BCUT2D eigenvalue weighted by Crippen LogP contribution is 2.11. The number of hydrogen-bond donors (Lipinski definition) is 2. The van der Waals surface area contributed by atoms with Gasteiger partial charge in [0, 0.05) is 19.3 Å². The Hall–Kier alpha value is -1.58. The van der Waals surface area contributed by atoms with Crippen LogP contribution in [0.25, 0.3) is 0 Å². The van der Waals surface area contributed by atoms with Crippen LogP contribution in [0.3, 0.4) is 0 Å². The van der Waals surface area contributed by atoms with Gasteiger partial charge in [-0.25, -0.2) is 4.98 Å². The molecule has 17 heavy (non-hydrogen) atoms. The van der Waals surface area contributed by atoms with E-state index in [0.717, 1.165) is 19.3 Å². The molecule has 4 heteroatoms. The summed E-state index contributed by atoms with van der Waals surface area (Å²) in [4.78, 5) is 16.1. The van der Waals surface area contributed by atoms with Gasteiger partial charge < -0.3 is 10.6 Å². The molecule has 1 amide bonds. The maximum Gasteiger partial charge on any atom is 0.255 e. The quantitative estimate of drug-likeness (QED) is 0.796. The van der Waals surface area contributed by atoms with Crippen LogP contribution in [0.15, 0.2) is 18.3 Å². The second-order valence-corrected chi connectivity index (χ2v) is 4.17. The lowest BCUT2D eigenvalue weighted by atomic mass is 10.1. The molecule has 0 aliphatic carbocycles. The van der Waals surface area contributed by atoms with Gasteiger partial charge in [0.2, 0.25) is 0 Å². The predicted octanol–water partition coefficient (Wildman–Crippen LogP) is 2.43. The lowest BCUT2D eigenvalue weighted by Crippen LogP contribution is -2.33. The van der Waals surface area contributed by atoms with Crippen LogP contribution in [0.4, 0.5) is 5.82 Å². The first-order valence-corrected chi connectivity index (χ1v) is 6.12. The van der Waals surface area contributed by atoms with E-state index >= 15 is 0 Å². The van der Waals surface area contributed by atoms with Crippen molar-refractivity contribution in [3.05, 3.63) is 23.9 Å². The first-order valence-electron chi connectivity index (χ1n) is 6.12. The molecule has 0 spiro atoms. The number of amides is 1. The van der Waals surface area contributed by atoms with Crippen LogP contribution in [0.2, 0.25) is 0 Å². The number of pyridine rings is 1. The smallest absolute Gasteiger partial charge is 0.255 e. The van der Waals surface area contributed by atoms with Gasteiger partial charge in [-0.2, -0.15) is 0 Å². The third-order valence-corrected chi connectivity index (χ3v) is 2.66. The molecule has 4 nitrogen and oxygen atoms in total. The first-order chi connectivity index (χ1) is 8.19. The van der Waals surface area contributed by atoms with E-state index in [0.29, 0.717) is 11.4 Å². The number of aromatic nitrogens is 1. The maximum atomic E-state index is 12.0. The molecule has 0 aliphatic heterocycles. The monoisotopic (exact) mass is 235 g/mol. The van der Waals surface area contributed by atoms with Crippen molar-refractivity contribution in [1.29, 1.82) is 0 Å². The number of anilines is 1. The number of carbonyl (C=O) groups is 1. The van der Waals surface area contributed by atoms with Gasteiger partial charge in [0.1, 0.15) is 5.82 Å². The van der Waals surface area contributed by atoms with E-state index in [2.05, 4.69) is 22.5 Å². The van der Waals surface area contributed by atoms with E-state index in [9.17, 15) is 4.79 Å². The van der Waals surface area contributed by atoms with Crippen LogP contribution >= 0.6 is 0 Å². The number of nitrogens with zero attached hydrogens (tertiary/aromatic N) is 1. The zero-order chi connectivity index (χ0) is 12.7. The molecule has 1 aromatic rings. The molecule has 1 atom stereocenters. The number of hydrogen-bond acceptors (Lipinski definition) is 3. The average Bonchev–Trinajstić information content (AvgIpc) is 2.36. The van der Waals surface area contributed by atoms with Crippen molar-refractivity contribution in [3.8, 4) is 0 Å². The van der Waals surface area contributed by atoms with Crippen molar-refractivity contribution in [2.75, 3.05) is 12.4 Å². The minimum Gasteiger partial charge on any atom is -0.372 e. The van der Waals surface area contributed by atoms with Crippen LogP contribution in [-0.2, 0) is 0 Å². The fourth-order valence-electron chi connectivity index (χ4n) is 1.67. The van der Waals surface area contributed by atoms with Crippen molar-refractivity contribution in [2.45, 2.75) is 39.2 Å². The van der Waals surface area contributed by atoms with Crippen molar-refractivity contribution < 1.29 is 4.79 Å². The average molecular weight is 235 g/mol. The third kappa shape index (κ3) is 4.06. The molecule has 1 rings (SSSR count). The Kier molecular flexibility index (Phi) is 5.46. The molecule has 2 N–H and O–H groups in total. The third-order valence-electron chi connectivity index (χ3n) is 2.66. The van der Waals surface area contributed by atoms with Gasteiger partial charge in [-0.1, -0.05) is 19.8 Å². The Balaban J connectivity index is 2.63. The van der Waals surface area contributed by atoms with Gasteiger partial charge in [-0.3, -0.25) is 4.79 Å². The summed E-state index contributed by atoms with van der Waals surface area (Å²) in [6.45, 7) is 4.18. The molecule has 0 aliphatic rings. The first kappa shape index (κ1) is 13.5. The van der Waals surface area contributed by atoms with Crippen molar-refractivity contribution in [3.63, 3.8) is 0 Å². The summed E-state index contributed by atoms with van der Waals surface area (Å²) < 4.78 is 0. The molecule has 0 saturated heterocycles. The van der Waals surface area contributed by atoms with Crippen LogP contribution in [0.1, 0.15) is 43.5 Å². The molecule has 0 saturated carbocycles. The molecule has 0 bridgehead atoms. The number of carbonyl (C=O) groups excluding carboxylic acids is 1. The molecule has 0 aromatic carbocycles. The van der Waals surface area contributed by atoms with E-state index in [1.54, 1.807) is 25.4 Å². The molecule has 1 heterocycles. The zero-order valence-electron chi connectivity index (χ0n) is 10.8. The standard InChI is InChI=1S/C13H21N3O/c1-4-5-7-10(2)16-13(17)11-8-6-9-15-12(11)14-3/h6,8-10H,4-5,7H2,1-3H3,(H,14,15)(H,16,17). The van der Waals surface area contributed by atoms with E-state index in [-0.39, 0.29) is 11.9 Å². The number of nitrogens with one attached hydrogen (secondary N) is 2. The topological polar surface area (TPSA) is 54.0 Å². The van der Waals surface area contributed by atoms with Gasteiger partial charge in [-0.15, -0.1) is 0 Å². The van der Waals surface area contributed by atoms with E-state index < -0.39 is 0 Å². The number of unbranched alkanes of at least 4 members (excludes halogenated alkanes) is 1. The summed E-state index contributed by atoms with van der Waals surface area (Å²) in [7, 11) is 1.76. The van der Waals surface area contributed by atoms with Gasteiger partial charge in [0.25, 0.3) is 5.91 Å². The van der Waals surface area contributed by atoms with Crippen molar-refractivity contribution in [1.82, 2.24) is 10.3 Å². The van der Waals surface area contributed by atoms with Crippen LogP contribution < -0.4 is 10.6 Å². The summed E-state index contributed by atoms with van der Waals surface area (Å²) in [5.74, 6) is 0.554. The Morgan fingerprint density at radius 3 is 2.94 bits per heavy atom. The lowest BCUT2D eigenvalue weighted by Gasteiger charge is -2.14. The summed E-state index contributed by atoms with van der Waals surface area (Å²) in [5.41, 5.74) is 0.596. The second kappa shape index (κ2) is 6.89. The minimum absolute atomic E-state index is 0.0638. The Labute approximate surface area is 103 Å². The largest absolute Gasteiger partial charge is 0.372 e. The molecule has 0 radical (unpaired) electrons. The van der Waals surface area contributed by atoms with Gasteiger partial charge >= 0.3 is 0 Å². The molecule has 1 aromatic heterocycles. The van der Waals surface area contributed by atoms with Gasteiger partial charge in [0.15, 0.2) is 0 Å². The highest BCUT2D eigenvalue weighted by Gasteiger charge is 2.13. The highest BCUT2D eigenvalue weighted by molar-refractivity contribution is 5.98. The Morgan fingerprint density at radius 2 is 2.29 bits per heavy atom. The van der Waals surface area contributed by atoms with Crippen molar-refractivity contribution in [2.24, 2.45) is 0 Å². The lowest BCUT2D eigenvalue weighted by molar-refractivity contribution is 0.0938. The normalized spacial score (nSPS) is 11.9. The molecular weight excluding hydrogens is 214 g/mol. The van der Waals surface area contributed by atoms with Crippen LogP contribution in [0, 0.1) is 0 Å².